The summed E-state index contributed by atoms with van der Waals surface area (Å²) in [4.78, 5) is 22.2. The minimum absolute atomic E-state index is 0.187. The van der Waals surface area contributed by atoms with Gasteiger partial charge in [0.25, 0.3) is 5.91 Å². The van der Waals surface area contributed by atoms with E-state index in [4.69, 9.17) is 0 Å². The summed E-state index contributed by atoms with van der Waals surface area (Å²) in [6.07, 6.45) is 7.07. The van der Waals surface area contributed by atoms with E-state index in [1.165, 1.54) is 0 Å². The quantitative estimate of drug-likeness (QED) is 0.737. The molecule has 1 amide bonds. The Labute approximate surface area is 140 Å². The van der Waals surface area contributed by atoms with E-state index < -0.39 is 6.04 Å². The molecule has 2 aromatic rings. The van der Waals surface area contributed by atoms with Crippen LogP contribution in [0.15, 0.2) is 18.6 Å². The van der Waals surface area contributed by atoms with Crippen molar-refractivity contribution in [3.8, 4) is 0 Å². The van der Waals surface area contributed by atoms with Gasteiger partial charge in [0, 0.05) is 24.7 Å². The van der Waals surface area contributed by atoms with E-state index in [0.717, 1.165) is 37.3 Å². The molecule has 2 aromatic heterocycles. The summed E-state index contributed by atoms with van der Waals surface area (Å²) in [5.74, 6) is 0.967. The first-order valence-corrected chi connectivity index (χ1v) is 8.20. The maximum absolute atomic E-state index is 12.4. The van der Waals surface area contributed by atoms with E-state index in [1.807, 2.05) is 0 Å². The Bertz CT molecular complexity index is 686. The van der Waals surface area contributed by atoms with E-state index in [1.54, 1.807) is 30.3 Å². The summed E-state index contributed by atoms with van der Waals surface area (Å²) in [6, 6.07) is -0.485. The molecule has 0 aromatic carbocycles. The topological polar surface area (TPSA) is 99.1 Å². The highest BCUT2D eigenvalue weighted by atomic mass is 16.3. The smallest absolute Gasteiger partial charge is 0.269 e. The number of carbonyl (C=O) groups is 1. The van der Waals surface area contributed by atoms with Gasteiger partial charge in [-0.1, -0.05) is 0 Å². The zero-order chi connectivity index (χ0) is 17.1. The van der Waals surface area contributed by atoms with Crippen molar-refractivity contribution in [1.82, 2.24) is 30.0 Å². The van der Waals surface area contributed by atoms with E-state index in [0.29, 0.717) is 11.6 Å². The normalized spacial score (nSPS) is 17.8. The van der Waals surface area contributed by atoms with Gasteiger partial charge >= 0.3 is 0 Å². The number of nitrogens with zero attached hydrogens (tertiary/aromatic N) is 4. The first-order valence-electron chi connectivity index (χ1n) is 8.20. The number of piperidine rings is 1. The third-order valence-electron chi connectivity index (χ3n) is 4.56. The Morgan fingerprint density at radius 2 is 2.17 bits per heavy atom. The highest BCUT2D eigenvalue weighted by molar-refractivity contribution is 5.92. The van der Waals surface area contributed by atoms with Crippen LogP contribution in [0.1, 0.15) is 46.7 Å². The van der Waals surface area contributed by atoms with Gasteiger partial charge in [0.15, 0.2) is 0 Å². The SMILES string of the molecule is CN1CCC(c2ncc(C(=O)NC(CO)c3cnn(C)c3)[nH]2)CC1. The van der Waals surface area contributed by atoms with Crippen molar-refractivity contribution in [3.63, 3.8) is 0 Å². The third-order valence-corrected chi connectivity index (χ3v) is 4.56. The van der Waals surface area contributed by atoms with Crippen LogP contribution in [0.5, 0.6) is 0 Å². The fourth-order valence-corrected chi connectivity index (χ4v) is 3.03. The van der Waals surface area contributed by atoms with Crippen molar-refractivity contribution in [2.45, 2.75) is 24.8 Å². The molecule has 8 nitrogen and oxygen atoms in total. The van der Waals surface area contributed by atoms with E-state index in [2.05, 4.69) is 32.3 Å². The lowest BCUT2D eigenvalue weighted by Gasteiger charge is -2.27. The number of aromatic nitrogens is 4. The molecule has 3 N–H and O–H groups in total. The van der Waals surface area contributed by atoms with Crippen molar-refractivity contribution in [2.75, 3.05) is 26.7 Å². The number of aromatic amines is 1. The van der Waals surface area contributed by atoms with Crippen molar-refractivity contribution >= 4 is 5.91 Å². The van der Waals surface area contributed by atoms with Gasteiger partial charge < -0.3 is 20.3 Å². The largest absolute Gasteiger partial charge is 0.394 e. The molecule has 1 atom stereocenters. The van der Waals surface area contributed by atoms with Crippen molar-refractivity contribution in [1.29, 1.82) is 0 Å². The minimum Gasteiger partial charge on any atom is -0.394 e. The average molecular weight is 332 g/mol. The Morgan fingerprint density at radius 1 is 1.42 bits per heavy atom. The molecule has 0 radical (unpaired) electrons. The van der Waals surface area contributed by atoms with Crippen LogP contribution >= 0.6 is 0 Å². The highest BCUT2D eigenvalue weighted by Crippen LogP contribution is 2.25. The number of carbonyl (C=O) groups excluding carboxylic acids is 1. The van der Waals surface area contributed by atoms with Crippen molar-refractivity contribution in [3.05, 3.63) is 35.7 Å². The molecule has 3 heterocycles. The molecule has 3 rings (SSSR count). The number of hydrogen-bond donors (Lipinski definition) is 3. The van der Waals surface area contributed by atoms with Gasteiger partial charge in [-0.3, -0.25) is 9.48 Å². The summed E-state index contributed by atoms with van der Waals surface area (Å²) >= 11 is 0. The number of aryl methyl sites for hydroxylation is 1. The van der Waals surface area contributed by atoms with E-state index in [9.17, 15) is 9.90 Å². The van der Waals surface area contributed by atoms with Gasteiger partial charge in [-0.2, -0.15) is 5.10 Å². The Morgan fingerprint density at radius 3 is 2.79 bits per heavy atom. The van der Waals surface area contributed by atoms with E-state index in [-0.39, 0.29) is 12.5 Å². The molecule has 1 unspecified atom stereocenters. The number of H-pyrrole nitrogens is 1. The molecule has 0 bridgehead atoms. The number of amides is 1. The highest BCUT2D eigenvalue weighted by Gasteiger charge is 2.23. The number of nitrogens with one attached hydrogen (secondary N) is 2. The van der Waals surface area contributed by atoms with Gasteiger partial charge in [-0.05, 0) is 33.0 Å². The van der Waals surface area contributed by atoms with E-state index >= 15 is 0 Å². The van der Waals surface area contributed by atoms with Crippen LogP contribution in [-0.4, -0.2) is 62.4 Å². The number of aliphatic hydroxyl groups is 1. The fraction of sp³-hybridized carbons (Fsp3) is 0.562. The predicted octanol–water partition coefficient (Wildman–Crippen LogP) is 0.416. The standard InChI is InChI=1S/C16H24N6O2/c1-21-5-3-11(4-6-21)15-17-8-13(19-15)16(24)20-14(10-23)12-7-18-22(2)9-12/h7-9,11,14,23H,3-6,10H2,1-2H3,(H,17,19)(H,20,24). The summed E-state index contributed by atoms with van der Waals surface area (Å²) in [5, 5.41) is 16.4. The lowest BCUT2D eigenvalue weighted by atomic mass is 9.97. The van der Waals surface area contributed by atoms with Crippen LogP contribution in [0.3, 0.4) is 0 Å². The third kappa shape index (κ3) is 3.65. The van der Waals surface area contributed by atoms with Crippen molar-refractivity contribution in [2.24, 2.45) is 7.05 Å². The van der Waals surface area contributed by atoms with Gasteiger partial charge in [0.1, 0.15) is 11.5 Å². The molecule has 1 fully saturated rings. The second-order valence-corrected chi connectivity index (χ2v) is 6.42. The Balaban J connectivity index is 1.65. The number of rotatable bonds is 5. The molecule has 1 saturated heterocycles. The Kier molecular flexibility index (Phi) is 4.96. The molecule has 1 aliphatic rings. The molecule has 0 aliphatic carbocycles. The molecule has 0 saturated carbocycles. The summed E-state index contributed by atoms with van der Waals surface area (Å²) in [7, 11) is 3.91. The zero-order valence-corrected chi connectivity index (χ0v) is 14.1. The molecule has 130 valence electrons. The molecule has 24 heavy (non-hydrogen) atoms. The summed E-state index contributed by atoms with van der Waals surface area (Å²) in [6.45, 7) is 1.90. The minimum atomic E-state index is -0.485. The first kappa shape index (κ1) is 16.7. The number of aliphatic hydroxyl groups excluding tert-OH is 1. The van der Waals surface area contributed by atoms with Crippen LogP contribution in [-0.2, 0) is 7.05 Å². The maximum Gasteiger partial charge on any atom is 0.269 e. The molecule has 0 spiro atoms. The van der Waals surface area contributed by atoms with Crippen LogP contribution in [0.4, 0.5) is 0 Å². The van der Waals surface area contributed by atoms with Gasteiger partial charge in [0.2, 0.25) is 0 Å². The van der Waals surface area contributed by atoms with Crippen LogP contribution in [0, 0.1) is 0 Å². The summed E-state index contributed by atoms with van der Waals surface area (Å²) in [5.41, 5.74) is 1.19. The summed E-state index contributed by atoms with van der Waals surface area (Å²) < 4.78 is 1.64. The van der Waals surface area contributed by atoms with Crippen LogP contribution in [0.25, 0.3) is 0 Å². The molecular formula is C16H24N6O2. The molecule has 8 heteroatoms. The van der Waals surface area contributed by atoms with Crippen molar-refractivity contribution < 1.29 is 9.90 Å². The fourth-order valence-electron chi connectivity index (χ4n) is 3.03. The number of hydrogen-bond acceptors (Lipinski definition) is 5. The monoisotopic (exact) mass is 332 g/mol. The lowest BCUT2D eigenvalue weighted by Crippen LogP contribution is -2.31. The second kappa shape index (κ2) is 7.14. The van der Waals surface area contributed by atoms with Gasteiger partial charge in [-0.15, -0.1) is 0 Å². The molecule has 1 aliphatic heterocycles. The molecular weight excluding hydrogens is 308 g/mol. The average Bonchev–Trinajstić information content (AvgIpc) is 3.22. The zero-order valence-electron chi connectivity index (χ0n) is 14.1. The predicted molar refractivity (Wildman–Crippen MR) is 88.6 cm³/mol. The lowest BCUT2D eigenvalue weighted by molar-refractivity contribution is 0.0911. The first-order chi connectivity index (χ1) is 11.6. The van der Waals surface area contributed by atoms with Crippen LogP contribution < -0.4 is 5.32 Å². The van der Waals surface area contributed by atoms with Gasteiger partial charge in [-0.25, -0.2) is 4.98 Å². The van der Waals surface area contributed by atoms with Gasteiger partial charge in [0.05, 0.1) is 25.0 Å². The van der Waals surface area contributed by atoms with Crippen LogP contribution in [0.2, 0.25) is 0 Å². The Hall–Kier alpha value is -2.19. The second-order valence-electron chi connectivity index (χ2n) is 6.42. The number of likely N-dealkylation sites (tertiary alicyclic amines) is 1. The maximum atomic E-state index is 12.4. The number of imidazole rings is 1.